The van der Waals surface area contributed by atoms with Crippen LogP contribution in [0, 0.1) is 0 Å². The average molecular weight is 404 g/mol. The fourth-order valence-corrected chi connectivity index (χ4v) is 2.29. The Balaban J connectivity index is 1.54. The van der Waals surface area contributed by atoms with Crippen molar-refractivity contribution in [3.8, 4) is 17.1 Å². The fourth-order valence-electron chi connectivity index (χ4n) is 1.91. The number of pyridine rings is 1. The summed E-state index contributed by atoms with van der Waals surface area (Å²) in [6, 6.07) is 10.8. The molecule has 0 fully saturated rings. The summed E-state index contributed by atoms with van der Waals surface area (Å²) >= 11 is 3.35. The zero-order valence-electron chi connectivity index (χ0n) is 13.1. The molecule has 0 spiro atoms. The predicted octanol–water partition coefficient (Wildman–Crippen LogP) is 2.80. The first-order chi connectivity index (χ1) is 12.1. The molecule has 0 aliphatic rings. The number of halogens is 1. The number of carbonyl (C=O) groups is 1. The lowest BCUT2D eigenvalue weighted by atomic mass is 10.3. The molecule has 0 aliphatic carbocycles. The van der Waals surface area contributed by atoms with E-state index >= 15 is 0 Å². The molecule has 1 atom stereocenters. The standard InChI is InChI=1S/C16H14BrN5O3/c1-10(24-13-4-2-3-12(17)9-13)15(23)20-21-16-19-14(22-25-16)11-5-7-18-8-6-11/h2-10H,1H3,(H,20,23)(H,19,21,22). The Morgan fingerprint density at radius 2 is 2.08 bits per heavy atom. The lowest BCUT2D eigenvalue weighted by molar-refractivity contribution is -0.126. The van der Waals surface area contributed by atoms with Crippen molar-refractivity contribution in [3.05, 3.63) is 53.3 Å². The summed E-state index contributed by atoms with van der Waals surface area (Å²) in [6.45, 7) is 1.63. The number of hydrogen-bond acceptors (Lipinski definition) is 7. The molecule has 25 heavy (non-hydrogen) atoms. The van der Waals surface area contributed by atoms with Crippen molar-refractivity contribution in [1.82, 2.24) is 20.6 Å². The molecule has 128 valence electrons. The van der Waals surface area contributed by atoms with Crippen LogP contribution < -0.4 is 15.6 Å². The Hall–Kier alpha value is -2.94. The number of ether oxygens (including phenoxy) is 1. The summed E-state index contributed by atoms with van der Waals surface area (Å²) < 4.78 is 11.5. The van der Waals surface area contributed by atoms with E-state index in [0.717, 1.165) is 10.0 Å². The number of nitrogens with one attached hydrogen (secondary N) is 2. The van der Waals surface area contributed by atoms with Gasteiger partial charge in [-0.05, 0) is 37.3 Å². The van der Waals surface area contributed by atoms with Gasteiger partial charge in [0, 0.05) is 22.4 Å². The van der Waals surface area contributed by atoms with E-state index < -0.39 is 6.10 Å². The quantitative estimate of drug-likeness (QED) is 0.609. The molecule has 0 saturated heterocycles. The summed E-state index contributed by atoms with van der Waals surface area (Å²) in [5.74, 6) is 0.580. The third-order valence-corrected chi connectivity index (χ3v) is 3.63. The molecular formula is C16H14BrN5O3. The van der Waals surface area contributed by atoms with Crippen LogP contribution >= 0.6 is 15.9 Å². The molecule has 0 aliphatic heterocycles. The van der Waals surface area contributed by atoms with Gasteiger partial charge in [-0.2, -0.15) is 4.98 Å². The van der Waals surface area contributed by atoms with Crippen LogP contribution in [0.25, 0.3) is 11.4 Å². The molecule has 3 rings (SSSR count). The predicted molar refractivity (Wildman–Crippen MR) is 93.5 cm³/mol. The highest BCUT2D eigenvalue weighted by Crippen LogP contribution is 2.19. The van der Waals surface area contributed by atoms with Crippen molar-refractivity contribution in [1.29, 1.82) is 0 Å². The minimum atomic E-state index is -0.718. The average Bonchev–Trinajstić information content (AvgIpc) is 3.09. The van der Waals surface area contributed by atoms with Crippen molar-refractivity contribution in [2.24, 2.45) is 0 Å². The molecule has 2 aromatic heterocycles. The molecule has 2 heterocycles. The van der Waals surface area contributed by atoms with Crippen LogP contribution in [0.1, 0.15) is 6.92 Å². The Labute approximate surface area is 151 Å². The lowest BCUT2D eigenvalue weighted by Crippen LogP contribution is -2.39. The highest BCUT2D eigenvalue weighted by Gasteiger charge is 2.16. The number of carbonyl (C=O) groups excluding carboxylic acids is 1. The number of benzene rings is 1. The number of rotatable bonds is 6. The Kier molecular flexibility index (Phi) is 5.24. The van der Waals surface area contributed by atoms with Crippen LogP contribution in [0.5, 0.6) is 5.75 Å². The topological polar surface area (TPSA) is 102 Å². The van der Waals surface area contributed by atoms with Gasteiger partial charge in [0.05, 0.1) is 0 Å². The highest BCUT2D eigenvalue weighted by atomic mass is 79.9. The van der Waals surface area contributed by atoms with Gasteiger partial charge in [0.2, 0.25) is 5.82 Å². The van der Waals surface area contributed by atoms with Gasteiger partial charge >= 0.3 is 6.01 Å². The third-order valence-electron chi connectivity index (χ3n) is 3.14. The molecule has 1 amide bonds. The van der Waals surface area contributed by atoms with Crippen LogP contribution in [0.4, 0.5) is 6.01 Å². The molecular weight excluding hydrogens is 390 g/mol. The van der Waals surface area contributed by atoms with Crippen LogP contribution in [-0.4, -0.2) is 27.1 Å². The smallest absolute Gasteiger partial charge is 0.340 e. The maximum absolute atomic E-state index is 12.1. The second kappa shape index (κ2) is 7.75. The summed E-state index contributed by atoms with van der Waals surface area (Å²) in [4.78, 5) is 20.1. The van der Waals surface area contributed by atoms with Gasteiger partial charge in [-0.3, -0.25) is 15.2 Å². The number of hydrogen-bond donors (Lipinski definition) is 2. The summed E-state index contributed by atoms with van der Waals surface area (Å²) in [7, 11) is 0. The van der Waals surface area contributed by atoms with Gasteiger partial charge < -0.3 is 9.26 Å². The molecule has 3 aromatic rings. The van der Waals surface area contributed by atoms with E-state index in [-0.39, 0.29) is 11.9 Å². The minimum Gasteiger partial charge on any atom is -0.481 e. The van der Waals surface area contributed by atoms with Crippen molar-refractivity contribution < 1.29 is 14.1 Å². The van der Waals surface area contributed by atoms with Crippen molar-refractivity contribution in [2.75, 3.05) is 5.43 Å². The van der Waals surface area contributed by atoms with Gasteiger partial charge in [0.25, 0.3) is 5.91 Å². The van der Waals surface area contributed by atoms with E-state index in [9.17, 15) is 4.79 Å². The van der Waals surface area contributed by atoms with Crippen LogP contribution in [0.2, 0.25) is 0 Å². The molecule has 1 aromatic carbocycles. The van der Waals surface area contributed by atoms with E-state index in [2.05, 4.69) is 41.9 Å². The first-order valence-electron chi connectivity index (χ1n) is 7.34. The first kappa shape index (κ1) is 16.9. The Morgan fingerprint density at radius 3 is 2.84 bits per heavy atom. The zero-order valence-corrected chi connectivity index (χ0v) is 14.7. The number of amides is 1. The van der Waals surface area contributed by atoms with Gasteiger partial charge in [0.15, 0.2) is 6.10 Å². The van der Waals surface area contributed by atoms with E-state index in [1.54, 1.807) is 43.6 Å². The molecule has 0 bridgehead atoms. The first-order valence-corrected chi connectivity index (χ1v) is 8.13. The maximum atomic E-state index is 12.1. The number of nitrogens with zero attached hydrogens (tertiary/aromatic N) is 3. The Bertz CT molecular complexity index is 856. The second-order valence-corrected chi connectivity index (χ2v) is 5.91. The second-order valence-electron chi connectivity index (χ2n) is 4.99. The molecule has 8 nitrogen and oxygen atoms in total. The number of anilines is 1. The van der Waals surface area contributed by atoms with Gasteiger partial charge in [-0.1, -0.05) is 27.2 Å². The SMILES string of the molecule is CC(Oc1cccc(Br)c1)C(=O)NNc1nc(-c2ccncc2)no1. The normalized spacial score (nSPS) is 11.6. The minimum absolute atomic E-state index is 0.0646. The fraction of sp³-hybridized carbons (Fsp3) is 0.125. The van der Waals surface area contributed by atoms with Crippen LogP contribution in [-0.2, 0) is 4.79 Å². The van der Waals surface area contributed by atoms with E-state index in [4.69, 9.17) is 9.26 Å². The van der Waals surface area contributed by atoms with Gasteiger partial charge in [-0.25, -0.2) is 5.43 Å². The molecule has 0 saturated carbocycles. The Morgan fingerprint density at radius 1 is 1.28 bits per heavy atom. The van der Waals surface area contributed by atoms with Crippen LogP contribution in [0.15, 0.2) is 57.8 Å². The highest BCUT2D eigenvalue weighted by molar-refractivity contribution is 9.10. The molecule has 0 radical (unpaired) electrons. The third kappa shape index (κ3) is 4.54. The lowest BCUT2D eigenvalue weighted by Gasteiger charge is -2.14. The number of aromatic nitrogens is 3. The van der Waals surface area contributed by atoms with E-state index in [1.807, 2.05) is 12.1 Å². The summed E-state index contributed by atoms with van der Waals surface area (Å²) in [6.07, 6.45) is 2.53. The maximum Gasteiger partial charge on any atom is 0.340 e. The van der Waals surface area contributed by atoms with E-state index in [0.29, 0.717) is 11.6 Å². The summed E-state index contributed by atoms with van der Waals surface area (Å²) in [5.41, 5.74) is 5.79. The monoisotopic (exact) mass is 403 g/mol. The molecule has 1 unspecified atom stereocenters. The van der Waals surface area contributed by atoms with Gasteiger partial charge in [0.1, 0.15) is 5.75 Å². The number of hydrazine groups is 1. The largest absolute Gasteiger partial charge is 0.481 e. The molecule has 9 heteroatoms. The van der Waals surface area contributed by atoms with E-state index in [1.165, 1.54) is 0 Å². The van der Waals surface area contributed by atoms with Crippen molar-refractivity contribution >= 4 is 27.9 Å². The van der Waals surface area contributed by atoms with Crippen molar-refractivity contribution in [3.63, 3.8) is 0 Å². The van der Waals surface area contributed by atoms with Gasteiger partial charge in [-0.15, -0.1) is 0 Å². The molecule has 2 N–H and O–H groups in total. The van der Waals surface area contributed by atoms with Crippen LogP contribution in [0.3, 0.4) is 0 Å². The zero-order chi connectivity index (χ0) is 17.6. The summed E-state index contributed by atoms with van der Waals surface area (Å²) in [5, 5.41) is 3.82. The van der Waals surface area contributed by atoms with Crippen molar-refractivity contribution in [2.45, 2.75) is 13.0 Å².